The molecule has 2 aromatic heterocycles. The number of fused-ring (bicyclic) bond motifs is 1. The van der Waals surface area contributed by atoms with Crippen molar-refractivity contribution >= 4 is 28.5 Å². The minimum atomic E-state index is 0.111. The topological polar surface area (TPSA) is 79.7 Å². The molecular weight excluding hydrogens is 460 g/mol. The van der Waals surface area contributed by atoms with Gasteiger partial charge in [-0.3, -0.25) is 4.79 Å². The van der Waals surface area contributed by atoms with Gasteiger partial charge in [-0.1, -0.05) is 66.7 Å². The Kier molecular flexibility index (Phi) is 7.21. The molecule has 186 valence electrons. The molecular formula is C30H30N6O. The van der Waals surface area contributed by atoms with E-state index in [2.05, 4.69) is 92.1 Å². The van der Waals surface area contributed by atoms with Crippen molar-refractivity contribution in [1.82, 2.24) is 30.1 Å². The highest BCUT2D eigenvalue weighted by Crippen LogP contribution is 2.27. The SMILES string of the molecule is CC(=Cc1cn(Cc2ccccc2)c2ccc(CC(=O)N(C)CCc3ccccc3)cc12)c1nnn[nH]1. The summed E-state index contributed by atoms with van der Waals surface area (Å²) < 4.78 is 2.25. The Labute approximate surface area is 216 Å². The maximum Gasteiger partial charge on any atom is 0.226 e. The Hall–Kier alpha value is -4.52. The van der Waals surface area contributed by atoms with Crippen LogP contribution in [0.15, 0.2) is 85.1 Å². The van der Waals surface area contributed by atoms with Crippen molar-refractivity contribution in [3.05, 3.63) is 113 Å². The zero-order valence-electron chi connectivity index (χ0n) is 21.1. The molecule has 0 spiro atoms. The third kappa shape index (κ3) is 5.83. The van der Waals surface area contributed by atoms with Gasteiger partial charge in [0.25, 0.3) is 0 Å². The van der Waals surface area contributed by atoms with Crippen molar-refractivity contribution in [3.8, 4) is 0 Å². The molecule has 5 rings (SSSR count). The third-order valence-corrected chi connectivity index (χ3v) is 6.62. The first-order chi connectivity index (χ1) is 18.1. The average Bonchev–Trinajstić information content (AvgIpc) is 3.57. The summed E-state index contributed by atoms with van der Waals surface area (Å²) in [7, 11) is 1.88. The molecule has 0 aliphatic heterocycles. The first-order valence-electron chi connectivity index (χ1n) is 12.4. The first kappa shape index (κ1) is 24.2. The Balaban J connectivity index is 1.41. The fraction of sp³-hybridized carbons (Fsp3) is 0.200. The second-order valence-electron chi connectivity index (χ2n) is 9.35. The summed E-state index contributed by atoms with van der Waals surface area (Å²) in [5.41, 5.74) is 6.57. The Morgan fingerprint density at radius 2 is 1.70 bits per heavy atom. The minimum absolute atomic E-state index is 0.111. The summed E-state index contributed by atoms with van der Waals surface area (Å²) in [5.74, 6) is 0.746. The van der Waals surface area contributed by atoms with Crippen LogP contribution in [0.2, 0.25) is 0 Å². The molecule has 1 N–H and O–H groups in total. The number of amides is 1. The number of rotatable bonds is 9. The number of hydrogen-bond donors (Lipinski definition) is 1. The molecule has 0 saturated carbocycles. The fourth-order valence-electron chi connectivity index (χ4n) is 4.51. The highest BCUT2D eigenvalue weighted by Gasteiger charge is 2.14. The van der Waals surface area contributed by atoms with Crippen LogP contribution in [0.5, 0.6) is 0 Å². The van der Waals surface area contributed by atoms with Gasteiger partial charge in [-0.2, -0.15) is 0 Å². The van der Waals surface area contributed by atoms with Gasteiger partial charge in [-0.05, 0) is 64.2 Å². The van der Waals surface area contributed by atoms with Gasteiger partial charge in [-0.25, -0.2) is 5.10 Å². The molecule has 0 atom stereocenters. The zero-order valence-corrected chi connectivity index (χ0v) is 21.1. The van der Waals surface area contributed by atoms with Crippen molar-refractivity contribution in [2.75, 3.05) is 13.6 Å². The molecule has 7 heteroatoms. The molecule has 37 heavy (non-hydrogen) atoms. The van der Waals surface area contributed by atoms with E-state index >= 15 is 0 Å². The number of aromatic nitrogens is 5. The Bertz CT molecular complexity index is 1500. The summed E-state index contributed by atoms with van der Waals surface area (Å²) in [5, 5.41) is 15.4. The minimum Gasteiger partial charge on any atom is -0.345 e. The molecule has 7 nitrogen and oxygen atoms in total. The summed E-state index contributed by atoms with van der Waals surface area (Å²) >= 11 is 0. The normalized spacial score (nSPS) is 11.7. The van der Waals surface area contributed by atoms with Gasteiger partial charge in [0, 0.05) is 42.8 Å². The summed E-state index contributed by atoms with van der Waals surface area (Å²) in [6, 6.07) is 27.0. The fourth-order valence-corrected chi connectivity index (χ4v) is 4.51. The molecule has 2 heterocycles. The lowest BCUT2D eigenvalue weighted by molar-refractivity contribution is -0.129. The largest absolute Gasteiger partial charge is 0.345 e. The lowest BCUT2D eigenvalue weighted by Gasteiger charge is -2.17. The second-order valence-corrected chi connectivity index (χ2v) is 9.35. The van der Waals surface area contributed by atoms with Crippen molar-refractivity contribution in [1.29, 1.82) is 0 Å². The number of carbonyl (C=O) groups excluding carboxylic acids is 1. The van der Waals surface area contributed by atoms with E-state index in [-0.39, 0.29) is 5.91 Å². The van der Waals surface area contributed by atoms with Crippen LogP contribution in [-0.4, -0.2) is 49.6 Å². The zero-order chi connectivity index (χ0) is 25.6. The van der Waals surface area contributed by atoms with Gasteiger partial charge in [0.1, 0.15) is 0 Å². The highest BCUT2D eigenvalue weighted by molar-refractivity contribution is 5.95. The molecule has 0 radical (unpaired) electrons. The number of allylic oxidation sites excluding steroid dienone is 1. The number of benzene rings is 3. The van der Waals surface area contributed by atoms with E-state index in [1.54, 1.807) is 0 Å². The molecule has 0 aliphatic carbocycles. The molecule has 0 fully saturated rings. The van der Waals surface area contributed by atoms with E-state index in [9.17, 15) is 4.79 Å². The van der Waals surface area contributed by atoms with Gasteiger partial charge in [0.05, 0.1) is 6.42 Å². The predicted molar refractivity (Wildman–Crippen MR) is 147 cm³/mol. The number of H-pyrrole nitrogens is 1. The Morgan fingerprint density at radius 1 is 0.973 bits per heavy atom. The molecule has 3 aromatic carbocycles. The van der Waals surface area contributed by atoms with E-state index < -0.39 is 0 Å². The highest BCUT2D eigenvalue weighted by atomic mass is 16.2. The molecule has 1 amide bonds. The van der Waals surface area contributed by atoms with Gasteiger partial charge in [0.2, 0.25) is 5.91 Å². The molecule has 0 aliphatic rings. The number of carbonyl (C=O) groups is 1. The second kappa shape index (κ2) is 11.0. The van der Waals surface area contributed by atoms with Crippen LogP contribution in [0.3, 0.4) is 0 Å². The van der Waals surface area contributed by atoms with Crippen LogP contribution in [0.1, 0.15) is 35.0 Å². The smallest absolute Gasteiger partial charge is 0.226 e. The van der Waals surface area contributed by atoms with Crippen LogP contribution in [0, 0.1) is 0 Å². The van der Waals surface area contributed by atoms with Crippen LogP contribution < -0.4 is 0 Å². The molecule has 0 unspecified atom stereocenters. The van der Waals surface area contributed by atoms with Gasteiger partial charge in [-0.15, -0.1) is 5.10 Å². The quantitative estimate of drug-likeness (QED) is 0.315. The van der Waals surface area contributed by atoms with Gasteiger partial charge in [0.15, 0.2) is 5.82 Å². The summed E-state index contributed by atoms with van der Waals surface area (Å²) in [6.07, 6.45) is 5.45. The van der Waals surface area contributed by atoms with Crippen molar-refractivity contribution in [2.45, 2.75) is 26.3 Å². The molecule has 5 aromatic rings. The van der Waals surface area contributed by atoms with E-state index in [1.807, 2.05) is 43.1 Å². The van der Waals surface area contributed by atoms with E-state index in [0.29, 0.717) is 18.8 Å². The van der Waals surface area contributed by atoms with E-state index in [1.165, 1.54) is 11.1 Å². The standard InChI is InChI=1S/C30H30N6O/c1-22(30-31-33-34-32-30)17-26-21-36(20-24-11-7-4-8-12-24)28-14-13-25(18-27(26)28)19-29(37)35(2)16-15-23-9-5-3-6-10-23/h3-14,17-18,21H,15-16,19-20H2,1-2H3,(H,31,32,33,34). The van der Waals surface area contributed by atoms with Gasteiger partial charge < -0.3 is 9.47 Å². The summed E-state index contributed by atoms with van der Waals surface area (Å²) in [4.78, 5) is 14.8. The van der Waals surface area contributed by atoms with Crippen LogP contribution >= 0.6 is 0 Å². The number of aromatic amines is 1. The lowest BCUT2D eigenvalue weighted by Crippen LogP contribution is -2.30. The lowest BCUT2D eigenvalue weighted by atomic mass is 10.0. The predicted octanol–water partition coefficient (Wildman–Crippen LogP) is 5.01. The van der Waals surface area contributed by atoms with Crippen molar-refractivity contribution < 1.29 is 4.79 Å². The number of hydrogen-bond acceptors (Lipinski definition) is 4. The van der Waals surface area contributed by atoms with Crippen LogP contribution in [0.25, 0.3) is 22.6 Å². The van der Waals surface area contributed by atoms with Crippen LogP contribution in [-0.2, 0) is 24.2 Å². The number of nitrogens with one attached hydrogen (secondary N) is 1. The molecule has 0 saturated heterocycles. The van der Waals surface area contributed by atoms with Crippen molar-refractivity contribution in [2.24, 2.45) is 0 Å². The molecule has 0 bridgehead atoms. The Morgan fingerprint density at radius 3 is 2.41 bits per heavy atom. The third-order valence-electron chi connectivity index (χ3n) is 6.62. The number of nitrogens with zero attached hydrogens (tertiary/aromatic N) is 5. The maximum absolute atomic E-state index is 13.0. The monoisotopic (exact) mass is 490 g/mol. The summed E-state index contributed by atoms with van der Waals surface area (Å²) in [6.45, 7) is 3.43. The van der Waals surface area contributed by atoms with Gasteiger partial charge >= 0.3 is 0 Å². The number of tetrazole rings is 1. The number of likely N-dealkylation sites (N-methyl/N-ethyl adjacent to an activating group) is 1. The maximum atomic E-state index is 13.0. The average molecular weight is 491 g/mol. The van der Waals surface area contributed by atoms with Crippen molar-refractivity contribution in [3.63, 3.8) is 0 Å². The first-order valence-corrected chi connectivity index (χ1v) is 12.4. The van der Waals surface area contributed by atoms with E-state index in [0.717, 1.165) is 40.6 Å². The van der Waals surface area contributed by atoms with E-state index in [4.69, 9.17) is 0 Å². The van der Waals surface area contributed by atoms with Crippen LogP contribution in [0.4, 0.5) is 0 Å².